The number of esters is 2. The van der Waals surface area contributed by atoms with E-state index in [4.69, 9.17) is 34.8 Å². The Bertz CT molecular complexity index is 200. The molecular weight excluding hydrogens is 202 g/mol. The molecule has 0 aliphatic carbocycles. The van der Waals surface area contributed by atoms with Gasteiger partial charge in [0.25, 0.3) is 0 Å². The van der Waals surface area contributed by atoms with Gasteiger partial charge in [0.15, 0.2) is 5.38 Å². The number of carbonyl (C=O) groups excluding carboxylic acids is 2. The van der Waals surface area contributed by atoms with Crippen LogP contribution in [0.3, 0.4) is 0 Å². The van der Waals surface area contributed by atoms with Crippen LogP contribution in [-0.4, -0.2) is 21.6 Å². The van der Waals surface area contributed by atoms with Crippen molar-refractivity contribution in [3.05, 3.63) is 0 Å². The second-order valence-electron chi connectivity index (χ2n) is 1.69. The largest absolute Gasteiger partial charge is 0.390 e. The zero-order chi connectivity index (χ0) is 7.94. The van der Waals surface area contributed by atoms with Crippen LogP contribution in [0.25, 0.3) is 0 Å². The van der Waals surface area contributed by atoms with Gasteiger partial charge in [-0.25, -0.2) is 9.59 Å². The van der Waals surface area contributed by atoms with Gasteiger partial charge in [-0.1, -0.05) is 23.2 Å². The van der Waals surface area contributed by atoms with E-state index in [0.29, 0.717) is 0 Å². The molecule has 0 spiro atoms. The van der Waals surface area contributed by atoms with E-state index in [9.17, 15) is 9.59 Å². The van der Waals surface area contributed by atoms with Gasteiger partial charge in [-0.3, -0.25) is 0 Å². The topological polar surface area (TPSA) is 43.4 Å². The number of ether oxygens (including phenoxy) is 1. The minimum absolute atomic E-state index is 0.906. The van der Waals surface area contributed by atoms with Gasteiger partial charge in [0.1, 0.15) is 0 Å². The second kappa shape index (κ2) is 2.26. The maximum absolute atomic E-state index is 10.5. The maximum atomic E-state index is 10.5. The number of cyclic esters (lactones) is 2. The molecule has 6 heteroatoms. The van der Waals surface area contributed by atoms with Crippen LogP contribution in [0.5, 0.6) is 0 Å². The number of alkyl halides is 3. The quantitative estimate of drug-likeness (QED) is 0.333. The number of hydrogen-bond donors (Lipinski definition) is 0. The smallest absolute Gasteiger partial charge is 0.352 e. The van der Waals surface area contributed by atoms with Crippen molar-refractivity contribution in [1.82, 2.24) is 0 Å². The molecule has 0 bridgehead atoms. The van der Waals surface area contributed by atoms with Crippen LogP contribution < -0.4 is 0 Å². The van der Waals surface area contributed by atoms with Crippen LogP contribution in [0.15, 0.2) is 0 Å². The molecule has 1 unspecified atom stereocenters. The summed E-state index contributed by atoms with van der Waals surface area (Å²) in [6.07, 6.45) is 0. The highest BCUT2D eigenvalue weighted by Gasteiger charge is 2.55. The molecule has 0 saturated carbocycles. The molecule has 0 aromatic heterocycles. The Kier molecular flexibility index (Phi) is 1.83. The Hall–Kier alpha value is 0.01000. The van der Waals surface area contributed by atoms with E-state index in [0.717, 1.165) is 0 Å². The molecule has 0 N–H and O–H groups in total. The first kappa shape index (κ1) is 8.11. The summed E-state index contributed by atoms with van der Waals surface area (Å²) >= 11 is 15.9. The predicted molar refractivity (Wildman–Crippen MR) is 35.2 cm³/mol. The molecule has 1 rings (SSSR count). The first-order chi connectivity index (χ1) is 4.46. The molecule has 10 heavy (non-hydrogen) atoms. The van der Waals surface area contributed by atoms with Gasteiger partial charge in [0.05, 0.1) is 0 Å². The van der Waals surface area contributed by atoms with Crippen LogP contribution in [0.4, 0.5) is 0 Å². The SMILES string of the molecule is O=C1OC(=O)C(Cl)(Cl)C1Cl. The highest BCUT2D eigenvalue weighted by atomic mass is 35.5. The normalized spacial score (nSPS) is 30.5. The van der Waals surface area contributed by atoms with Crippen molar-refractivity contribution in [2.24, 2.45) is 0 Å². The van der Waals surface area contributed by atoms with E-state index in [1.54, 1.807) is 0 Å². The predicted octanol–water partition coefficient (Wildman–Crippen LogP) is 0.851. The van der Waals surface area contributed by atoms with Crippen LogP contribution in [0.2, 0.25) is 0 Å². The fourth-order valence-electron chi connectivity index (χ4n) is 0.463. The van der Waals surface area contributed by atoms with Gasteiger partial charge in [-0.15, -0.1) is 11.6 Å². The molecule has 0 aromatic rings. The van der Waals surface area contributed by atoms with E-state index in [-0.39, 0.29) is 0 Å². The lowest BCUT2D eigenvalue weighted by atomic mass is 10.3. The van der Waals surface area contributed by atoms with Crippen LogP contribution in [-0.2, 0) is 14.3 Å². The minimum atomic E-state index is -1.92. The molecule has 1 saturated heterocycles. The Morgan fingerprint density at radius 2 is 1.90 bits per heavy atom. The molecule has 1 aliphatic heterocycles. The third-order valence-corrected chi connectivity index (χ3v) is 2.46. The van der Waals surface area contributed by atoms with Crippen LogP contribution in [0.1, 0.15) is 0 Å². The van der Waals surface area contributed by atoms with E-state index >= 15 is 0 Å². The number of hydrogen-bond acceptors (Lipinski definition) is 3. The zero-order valence-corrected chi connectivity index (χ0v) is 6.70. The number of carbonyl (C=O) groups is 2. The molecule has 1 aliphatic rings. The molecule has 1 atom stereocenters. The van der Waals surface area contributed by atoms with E-state index in [1.165, 1.54) is 0 Å². The summed E-state index contributed by atoms with van der Waals surface area (Å²) in [7, 11) is 0. The first-order valence-electron chi connectivity index (χ1n) is 2.24. The van der Waals surface area contributed by atoms with Crippen molar-refractivity contribution in [1.29, 1.82) is 0 Å². The van der Waals surface area contributed by atoms with Gasteiger partial charge in [0.2, 0.25) is 4.33 Å². The summed E-state index contributed by atoms with van der Waals surface area (Å²) in [5.74, 6) is -1.92. The molecule has 1 heterocycles. The third-order valence-electron chi connectivity index (χ3n) is 0.991. The van der Waals surface area contributed by atoms with Gasteiger partial charge in [-0.05, 0) is 0 Å². The summed E-state index contributed by atoms with van der Waals surface area (Å²) < 4.78 is 2.10. The fraction of sp³-hybridized carbons (Fsp3) is 0.500. The van der Waals surface area contributed by atoms with E-state index in [1.807, 2.05) is 0 Å². The summed E-state index contributed by atoms with van der Waals surface area (Å²) in [5, 5.41) is -1.30. The Morgan fingerprint density at radius 1 is 1.40 bits per heavy atom. The van der Waals surface area contributed by atoms with Crippen molar-refractivity contribution in [2.75, 3.05) is 0 Å². The lowest BCUT2D eigenvalue weighted by Crippen LogP contribution is -2.29. The van der Waals surface area contributed by atoms with Gasteiger partial charge in [0, 0.05) is 0 Å². The van der Waals surface area contributed by atoms with Crippen LogP contribution in [0, 0.1) is 0 Å². The van der Waals surface area contributed by atoms with Crippen molar-refractivity contribution in [3.8, 4) is 0 Å². The highest BCUT2D eigenvalue weighted by Crippen LogP contribution is 2.36. The Balaban J connectivity index is 2.96. The fourth-order valence-corrected chi connectivity index (χ4v) is 0.852. The van der Waals surface area contributed by atoms with Gasteiger partial charge < -0.3 is 4.74 Å². The average molecular weight is 203 g/mol. The molecule has 1 fully saturated rings. The minimum Gasteiger partial charge on any atom is -0.390 e. The number of halogens is 3. The molecule has 0 amide bonds. The second-order valence-corrected chi connectivity index (χ2v) is 3.52. The van der Waals surface area contributed by atoms with Crippen molar-refractivity contribution in [3.63, 3.8) is 0 Å². The van der Waals surface area contributed by atoms with E-state index in [2.05, 4.69) is 4.74 Å². The molecule has 56 valence electrons. The van der Waals surface area contributed by atoms with E-state index < -0.39 is 21.6 Å². The zero-order valence-electron chi connectivity index (χ0n) is 4.44. The summed E-state index contributed by atoms with van der Waals surface area (Å²) in [5.41, 5.74) is 0. The third kappa shape index (κ3) is 0.983. The van der Waals surface area contributed by atoms with Crippen molar-refractivity contribution >= 4 is 46.7 Å². The lowest BCUT2D eigenvalue weighted by molar-refractivity contribution is -0.152. The Labute approximate surface area is 71.2 Å². The standard InChI is InChI=1S/C4HCl3O3/c5-1-2(8)10-3(9)4(1,6)7/h1H. The first-order valence-corrected chi connectivity index (χ1v) is 3.43. The summed E-state index contributed by atoms with van der Waals surface area (Å²) in [6.45, 7) is 0. The molecular formula is C4HCl3O3. The molecule has 0 aromatic carbocycles. The lowest BCUT2D eigenvalue weighted by Gasteiger charge is -2.06. The Morgan fingerprint density at radius 3 is 2.00 bits per heavy atom. The summed E-state index contributed by atoms with van der Waals surface area (Å²) in [6, 6.07) is 0. The highest BCUT2D eigenvalue weighted by molar-refractivity contribution is 6.64. The summed E-state index contributed by atoms with van der Waals surface area (Å²) in [4.78, 5) is 21.0. The van der Waals surface area contributed by atoms with Crippen LogP contribution >= 0.6 is 34.8 Å². The van der Waals surface area contributed by atoms with Gasteiger partial charge >= 0.3 is 11.9 Å². The van der Waals surface area contributed by atoms with Gasteiger partial charge in [-0.2, -0.15) is 0 Å². The van der Waals surface area contributed by atoms with Crippen molar-refractivity contribution < 1.29 is 14.3 Å². The molecule has 3 nitrogen and oxygen atoms in total. The van der Waals surface area contributed by atoms with Crippen molar-refractivity contribution in [2.45, 2.75) is 9.71 Å². The monoisotopic (exact) mass is 202 g/mol. The maximum Gasteiger partial charge on any atom is 0.352 e. The number of rotatable bonds is 0. The average Bonchev–Trinajstić information content (AvgIpc) is 1.97. The molecule has 0 radical (unpaired) electrons.